The molecule has 0 fully saturated rings. The van der Waals surface area contributed by atoms with E-state index in [0.717, 1.165) is 53.9 Å². The maximum Gasteiger partial charge on any atom is 0.272 e. The van der Waals surface area contributed by atoms with Gasteiger partial charge in [-0.1, -0.05) is 12.1 Å². The Morgan fingerprint density at radius 3 is 3.12 bits per heavy atom. The van der Waals surface area contributed by atoms with Crippen LogP contribution in [0.5, 0.6) is 0 Å². The Bertz CT molecular complexity index is 910. The van der Waals surface area contributed by atoms with Crippen molar-refractivity contribution in [1.29, 1.82) is 0 Å². The minimum Gasteiger partial charge on any atom is -0.351 e. The predicted octanol–water partition coefficient (Wildman–Crippen LogP) is 1.30. The second-order valence-corrected chi connectivity index (χ2v) is 6.39. The topological polar surface area (TPSA) is 87.6 Å². The lowest BCUT2D eigenvalue weighted by Gasteiger charge is -2.12. The molecule has 3 heterocycles. The molecule has 3 aromatic rings. The van der Waals surface area contributed by atoms with E-state index in [4.69, 9.17) is 0 Å². The molecule has 7 nitrogen and oxygen atoms in total. The van der Waals surface area contributed by atoms with Crippen LogP contribution in [0.1, 0.15) is 34.0 Å². The molecule has 1 aliphatic rings. The van der Waals surface area contributed by atoms with Crippen LogP contribution in [0.2, 0.25) is 0 Å². The average Bonchev–Trinajstić information content (AvgIpc) is 3.21. The van der Waals surface area contributed by atoms with E-state index in [0.29, 0.717) is 18.8 Å². The lowest BCUT2D eigenvalue weighted by Crippen LogP contribution is -2.29. The van der Waals surface area contributed by atoms with E-state index in [2.05, 4.69) is 36.4 Å². The lowest BCUT2D eigenvalue weighted by atomic mass is 10.1. The van der Waals surface area contributed by atoms with Crippen molar-refractivity contribution >= 4 is 16.9 Å². The quantitative estimate of drug-likeness (QED) is 0.612. The van der Waals surface area contributed by atoms with Gasteiger partial charge in [0, 0.05) is 50.8 Å². The molecular formula is C18H22N6O. The predicted molar refractivity (Wildman–Crippen MR) is 95.4 cm³/mol. The minimum atomic E-state index is -0.105. The summed E-state index contributed by atoms with van der Waals surface area (Å²) in [5, 5.41) is 13.4. The lowest BCUT2D eigenvalue weighted by molar-refractivity contribution is 0.0947. The van der Waals surface area contributed by atoms with Crippen LogP contribution in [0.4, 0.5) is 0 Å². The molecule has 0 aliphatic carbocycles. The number of aromatic nitrogens is 4. The molecule has 3 N–H and O–H groups in total. The van der Waals surface area contributed by atoms with E-state index in [1.54, 1.807) is 0 Å². The highest BCUT2D eigenvalue weighted by Crippen LogP contribution is 2.16. The van der Waals surface area contributed by atoms with E-state index in [-0.39, 0.29) is 5.91 Å². The number of nitrogens with one attached hydrogen (secondary N) is 3. The number of aromatic amines is 1. The minimum absolute atomic E-state index is 0.105. The largest absolute Gasteiger partial charge is 0.351 e. The summed E-state index contributed by atoms with van der Waals surface area (Å²) in [4.78, 5) is 17.0. The first-order valence-corrected chi connectivity index (χ1v) is 8.69. The van der Waals surface area contributed by atoms with Gasteiger partial charge in [-0.2, -0.15) is 5.10 Å². The van der Waals surface area contributed by atoms with Gasteiger partial charge in [-0.15, -0.1) is 0 Å². The molecule has 2 aromatic heterocycles. The molecule has 1 aliphatic heterocycles. The fraction of sp³-hybridized carbons (Fsp3) is 0.389. The number of nitrogens with zero attached hydrogens (tertiary/aromatic N) is 3. The Morgan fingerprint density at radius 2 is 2.24 bits per heavy atom. The van der Waals surface area contributed by atoms with E-state index >= 15 is 0 Å². The van der Waals surface area contributed by atoms with E-state index in [9.17, 15) is 4.79 Å². The first-order valence-electron chi connectivity index (χ1n) is 8.69. The number of carbonyl (C=O) groups is 1. The Kier molecular flexibility index (Phi) is 4.23. The smallest absolute Gasteiger partial charge is 0.272 e. The van der Waals surface area contributed by atoms with Crippen LogP contribution in [-0.4, -0.2) is 38.7 Å². The van der Waals surface area contributed by atoms with Crippen molar-refractivity contribution in [2.75, 3.05) is 13.1 Å². The number of rotatable bonds is 5. The summed E-state index contributed by atoms with van der Waals surface area (Å²) in [6, 6.07) is 8.12. The van der Waals surface area contributed by atoms with Gasteiger partial charge >= 0.3 is 0 Å². The number of hydrogen-bond donors (Lipinski definition) is 3. The monoisotopic (exact) mass is 338 g/mol. The van der Waals surface area contributed by atoms with Crippen LogP contribution >= 0.6 is 0 Å². The number of benzene rings is 1. The molecule has 1 amide bonds. The van der Waals surface area contributed by atoms with Crippen LogP contribution in [-0.2, 0) is 26.4 Å². The summed E-state index contributed by atoms with van der Waals surface area (Å²) >= 11 is 0. The van der Waals surface area contributed by atoms with Gasteiger partial charge in [-0.25, -0.2) is 4.98 Å². The normalized spacial score (nSPS) is 13.8. The summed E-state index contributed by atoms with van der Waals surface area (Å²) in [7, 11) is 2.03. The van der Waals surface area contributed by atoms with Crippen LogP contribution in [0.15, 0.2) is 24.3 Å². The summed E-state index contributed by atoms with van der Waals surface area (Å²) < 4.78 is 2.12. The number of hydrogen-bond acceptors (Lipinski definition) is 4. The molecular weight excluding hydrogens is 316 g/mol. The SMILES string of the molecule is Cn1c(CCCNC(=O)c2n[nH]c3c2CNCC3)nc2ccccc21. The van der Waals surface area contributed by atoms with Gasteiger partial charge in [0.15, 0.2) is 5.69 Å². The Morgan fingerprint density at radius 1 is 1.36 bits per heavy atom. The summed E-state index contributed by atoms with van der Waals surface area (Å²) in [5.74, 6) is 0.933. The fourth-order valence-electron chi connectivity index (χ4n) is 3.36. The molecule has 130 valence electrons. The van der Waals surface area contributed by atoms with E-state index < -0.39 is 0 Å². The van der Waals surface area contributed by atoms with Crippen LogP contribution in [0.25, 0.3) is 11.0 Å². The number of imidazole rings is 1. The van der Waals surface area contributed by atoms with Gasteiger partial charge in [-0.05, 0) is 18.6 Å². The zero-order chi connectivity index (χ0) is 17.2. The fourth-order valence-corrected chi connectivity index (χ4v) is 3.36. The highest BCUT2D eigenvalue weighted by molar-refractivity contribution is 5.94. The Labute approximate surface area is 145 Å². The van der Waals surface area contributed by atoms with Gasteiger partial charge < -0.3 is 15.2 Å². The van der Waals surface area contributed by atoms with Gasteiger partial charge in [0.05, 0.1) is 11.0 Å². The van der Waals surface area contributed by atoms with Crippen molar-refractivity contribution in [3.05, 3.63) is 47.0 Å². The second kappa shape index (κ2) is 6.68. The molecule has 0 saturated heterocycles. The van der Waals surface area contributed by atoms with Crippen LogP contribution in [0.3, 0.4) is 0 Å². The molecule has 0 saturated carbocycles. The second-order valence-electron chi connectivity index (χ2n) is 6.39. The number of para-hydroxylation sites is 2. The van der Waals surface area contributed by atoms with Gasteiger partial charge in [0.25, 0.3) is 5.91 Å². The number of amides is 1. The van der Waals surface area contributed by atoms with Gasteiger partial charge in [-0.3, -0.25) is 9.89 Å². The number of carbonyl (C=O) groups excluding carboxylic acids is 1. The van der Waals surface area contributed by atoms with Crippen molar-refractivity contribution in [2.24, 2.45) is 7.05 Å². The summed E-state index contributed by atoms with van der Waals surface area (Å²) in [6.07, 6.45) is 2.56. The standard InChI is InChI=1S/C18H22N6O/c1-24-15-6-3-2-5-14(15)21-16(24)7-4-9-20-18(25)17-12-11-19-10-8-13(12)22-23-17/h2-3,5-6,19H,4,7-11H2,1H3,(H,20,25)(H,22,23). The zero-order valence-electron chi connectivity index (χ0n) is 14.3. The van der Waals surface area contributed by atoms with Crippen molar-refractivity contribution in [2.45, 2.75) is 25.8 Å². The van der Waals surface area contributed by atoms with Crippen molar-refractivity contribution < 1.29 is 4.79 Å². The molecule has 0 radical (unpaired) electrons. The number of fused-ring (bicyclic) bond motifs is 2. The van der Waals surface area contributed by atoms with Gasteiger partial charge in [0.2, 0.25) is 0 Å². The molecule has 0 unspecified atom stereocenters. The van der Waals surface area contributed by atoms with Crippen molar-refractivity contribution in [3.63, 3.8) is 0 Å². The first-order chi connectivity index (χ1) is 12.2. The van der Waals surface area contributed by atoms with Crippen LogP contribution in [0, 0.1) is 0 Å². The third-order valence-corrected chi connectivity index (χ3v) is 4.76. The van der Waals surface area contributed by atoms with Crippen LogP contribution < -0.4 is 10.6 Å². The first kappa shape index (κ1) is 15.8. The molecule has 4 rings (SSSR count). The molecule has 0 atom stereocenters. The van der Waals surface area contributed by atoms with Crippen molar-refractivity contribution in [1.82, 2.24) is 30.4 Å². The summed E-state index contributed by atoms with van der Waals surface area (Å²) in [6.45, 7) is 2.24. The van der Waals surface area contributed by atoms with Crippen molar-refractivity contribution in [3.8, 4) is 0 Å². The molecule has 0 spiro atoms. The number of H-pyrrole nitrogens is 1. The average molecular weight is 338 g/mol. The Balaban J connectivity index is 1.34. The maximum absolute atomic E-state index is 12.4. The Hall–Kier alpha value is -2.67. The van der Waals surface area contributed by atoms with E-state index in [1.807, 2.05) is 25.2 Å². The highest BCUT2D eigenvalue weighted by atomic mass is 16.1. The highest BCUT2D eigenvalue weighted by Gasteiger charge is 2.21. The number of aryl methyl sites for hydroxylation is 2. The third-order valence-electron chi connectivity index (χ3n) is 4.76. The van der Waals surface area contributed by atoms with E-state index in [1.165, 1.54) is 0 Å². The zero-order valence-corrected chi connectivity index (χ0v) is 14.3. The molecule has 0 bridgehead atoms. The summed E-state index contributed by atoms with van der Waals surface area (Å²) in [5.41, 5.74) is 4.74. The molecule has 25 heavy (non-hydrogen) atoms. The third kappa shape index (κ3) is 3.02. The van der Waals surface area contributed by atoms with Gasteiger partial charge in [0.1, 0.15) is 5.82 Å². The molecule has 1 aromatic carbocycles. The molecule has 7 heteroatoms. The maximum atomic E-state index is 12.4.